The smallest absolute Gasteiger partial charge is 0.118 e. The fourth-order valence-corrected chi connectivity index (χ4v) is 3.49. The van der Waals surface area contributed by atoms with Crippen molar-refractivity contribution >= 4 is 5.69 Å². The van der Waals surface area contributed by atoms with E-state index in [-0.39, 0.29) is 0 Å². The zero-order chi connectivity index (χ0) is 16.4. The third-order valence-electron chi connectivity index (χ3n) is 4.70. The Hall–Kier alpha value is -2.74. The van der Waals surface area contributed by atoms with E-state index in [4.69, 9.17) is 4.74 Å². The van der Waals surface area contributed by atoms with Crippen molar-refractivity contribution in [1.29, 1.82) is 0 Å². The van der Waals surface area contributed by atoms with E-state index in [9.17, 15) is 0 Å². The lowest BCUT2D eigenvalue weighted by Crippen LogP contribution is -2.20. The number of rotatable bonds is 4. The summed E-state index contributed by atoms with van der Waals surface area (Å²) in [6, 6.07) is 25.7. The molecule has 1 aliphatic rings. The lowest BCUT2D eigenvalue weighted by molar-refractivity contribution is 0.414. The van der Waals surface area contributed by atoms with Gasteiger partial charge in [0.1, 0.15) is 5.75 Å². The van der Waals surface area contributed by atoms with Crippen LogP contribution in [0.25, 0.3) is 11.1 Å². The molecule has 0 atom stereocenters. The molecule has 0 radical (unpaired) electrons. The molecule has 3 aromatic rings. The van der Waals surface area contributed by atoms with Crippen molar-refractivity contribution < 1.29 is 4.74 Å². The first-order valence-corrected chi connectivity index (χ1v) is 8.40. The van der Waals surface area contributed by atoms with Gasteiger partial charge >= 0.3 is 0 Å². The Balaban J connectivity index is 1.67. The number of methoxy groups -OCH3 is 1. The molecule has 1 aliphatic heterocycles. The van der Waals surface area contributed by atoms with E-state index in [1.807, 2.05) is 12.1 Å². The van der Waals surface area contributed by atoms with Crippen molar-refractivity contribution in [2.24, 2.45) is 0 Å². The monoisotopic (exact) mass is 315 g/mol. The Morgan fingerprint density at radius 3 is 2.42 bits per heavy atom. The lowest BCUT2D eigenvalue weighted by Gasteiger charge is -2.23. The van der Waals surface area contributed by atoms with E-state index in [0.717, 1.165) is 25.3 Å². The second kappa shape index (κ2) is 6.40. The molecule has 0 aromatic heterocycles. The van der Waals surface area contributed by atoms with Crippen LogP contribution in [0.2, 0.25) is 0 Å². The Labute approximate surface area is 143 Å². The third-order valence-corrected chi connectivity index (χ3v) is 4.70. The van der Waals surface area contributed by atoms with Gasteiger partial charge in [0, 0.05) is 24.3 Å². The summed E-state index contributed by atoms with van der Waals surface area (Å²) in [5.74, 6) is 0.908. The number of nitrogens with zero attached hydrogens (tertiary/aromatic N) is 1. The lowest BCUT2D eigenvalue weighted by atomic mass is 10.00. The minimum Gasteiger partial charge on any atom is -0.497 e. The van der Waals surface area contributed by atoms with Crippen LogP contribution < -0.4 is 9.64 Å². The molecular weight excluding hydrogens is 294 g/mol. The van der Waals surface area contributed by atoms with Crippen LogP contribution in [0.15, 0.2) is 72.8 Å². The minimum absolute atomic E-state index is 0.908. The van der Waals surface area contributed by atoms with Gasteiger partial charge in [-0.2, -0.15) is 0 Å². The molecule has 1 heterocycles. The first-order valence-electron chi connectivity index (χ1n) is 8.40. The molecule has 3 aromatic carbocycles. The van der Waals surface area contributed by atoms with Crippen LogP contribution in [-0.2, 0) is 13.0 Å². The second-order valence-electron chi connectivity index (χ2n) is 6.20. The van der Waals surface area contributed by atoms with Crippen LogP contribution in [-0.4, -0.2) is 13.7 Å². The number of ether oxygens (including phenoxy) is 1. The summed E-state index contributed by atoms with van der Waals surface area (Å²) in [7, 11) is 1.71. The number of hydrogen-bond acceptors (Lipinski definition) is 2. The van der Waals surface area contributed by atoms with E-state index < -0.39 is 0 Å². The standard InChI is InChI=1S/C22H21NO/c1-24-20-12-10-17(11-13-20)16-23-15-14-19-8-5-9-21(22(19)23)18-6-3-2-4-7-18/h2-13H,14-16H2,1H3. The molecule has 0 N–H and O–H groups in total. The molecule has 0 unspecified atom stereocenters. The van der Waals surface area contributed by atoms with Crippen molar-refractivity contribution in [2.75, 3.05) is 18.6 Å². The summed E-state index contributed by atoms with van der Waals surface area (Å²) >= 11 is 0. The summed E-state index contributed by atoms with van der Waals surface area (Å²) < 4.78 is 5.26. The second-order valence-corrected chi connectivity index (χ2v) is 6.20. The maximum absolute atomic E-state index is 5.26. The van der Waals surface area contributed by atoms with E-state index >= 15 is 0 Å². The summed E-state index contributed by atoms with van der Waals surface area (Å²) in [5.41, 5.74) is 6.77. The van der Waals surface area contributed by atoms with E-state index in [2.05, 4.69) is 65.6 Å². The molecule has 0 spiro atoms. The summed E-state index contributed by atoms with van der Waals surface area (Å²) in [4.78, 5) is 2.50. The fourth-order valence-electron chi connectivity index (χ4n) is 3.49. The average molecular weight is 315 g/mol. The van der Waals surface area contributed by atoms with Gasteiger partial charge in [-0.1, -0.05) is 60.7 Å². The normalized spacial score (nSPS) is 13.0. The molecule has 2 nitrogen and oxygen atoms in total. The highest BCUT2D eigenvalue weighted by atomic mass is 16.5. The minimum atomic E-state index is 0.908. The largest absolute Gasteiger partial charge is 0.497 e. The molecule has 0 bridgehead atoms. The van der Waals surface area contributed by atoms with Crippen molar-refractivity contribution in [3.05, 3.63) is 83.9 Å². The van der Waals surface area contributed by atoms with Gasteiger partial charge in [-0.05, 0) is 35.2 Å². The van der Waals surface area contributed by atoms with Crippen molar-refractivity contribution in [3.8, 4) is 16.9 Å². The molecule has 0 saturated carbocycles. The molecule has 2 heteroatoms. The van der Waals surface area contributed by atoms with Crippen molar-refractivity contribution in [3.63, 3.8) is 0 Å². The van der Waals surface area contributed by atoms with Gasteiger partial charge in [-0.3, -0.25) is 0 Å². The van der Waals surface area contributed by atoms with Crippen LogP contribution in [0.5, 0.6) is 5.75 Å². The highest BCUT2D eigenvalue weighted by molar-refractivity contribution is 5.82. The van der Waals surface area contributed by atoms with Crippen LogP contribution in [0, 0.1) is 0 Å². The van der Waals surface area contributed by atoms with Crippen LogP contribution in [0.3, 0.4) is 0 Å². The van der Waals surface area contributed by atoms with Gasteiger partial charge in [-0.25, -0.2) is 0 Å². The SMILES string of the molecule is COc1ccc(CN2CCc3cccc(-c4ccccc4)c32)cc1. The van der Waals surface area contributed by atoms with Crippen LogP contribution in [0.4, 0.5) is 5.69 Å². The number of anilines is 1. The van der Waals surface area contributed by atoms with Gasteiger partial charge < -0.3 is 9.64 Å². The van der Waals surface area contributed by atoms with Gasteiger partial charge in [0.25, 0.3) is 0 Å². The van der Waals surface area contributed by atoms with E-state index in [1.54, 1.807) is 7.11 Å². The Morgan fingerprint density at radius 2 is 1.67 bits per heavy atom. The fraction of sp³-hybridized carbons (Fsp3) is 0.182. The molecule has 0 fully saturated rings. The number of fused-ring (bicyclic) bond motifs is 1. The molecular formula is C22H21NO. The highest BCUT2D eigenvalue weighted by Crippen LogP contribution is 2.38. The quantitative estimate of drug-likeness (QED) is 0.677. The Kier molecular flexibility index (Phi) is 3.96. The van der Waals surface area contributed by atoms with Gasteiger partial charge in [0.05, 0.1) is 7.11 Å². The zero-order valence-corrected chi connectivity index (χ0v) is 13.9. The van der Waals surface area contributed by atoms with Gasteiger partial charge in [-0.15, -0.1) is 0 Å². The molecule has 4 rings (SSSR count). The van der Waals surface area contributed by atoms with E-state index in [0.29, 0.717) is 0 Å². The molecule has 24 heavy (non-hydrogen) atoms. The number of hydrogen-bond donors (Lipinski definition) is 0. The predicted molar refractivity (Wildman–Crippen MR) is 99.6 cm³/mol. The Bertz CT molecular complexity index is 824. The van der Waals surface area contributed by atoms with Crippen molar-refractivity contribution in [1.82, 2.24) is 0 Å². The average Bonchev–Trinajstić information content (AvgIpc) is 3.06. The third kappa shape index (κ3) is 2.76. The summed E-state index contributed by atoms with van der Waals surface area (Å²) in [6.45, 7) is 2.01. The van der Waals surface area contributed by atoms with Crippen molar-refractivity contribution in [2.45, 2.75) is 13.0 Å². The highest BCUT2D eigenvalue weighted by Gasteiger charge is 2.22. The molecule has 120 valence electrons. The summed E-state index contributed by atoms with van der Waals surface area (Å²) in [6.07, 6.45) is 1.12. The first-order chi connectivity index (χ1) is 11.8. The molecule has 0 amide bonds. The van der Waals surface area contributed by atoms with E-state index in [1.165, 1.54) is 27.9 Å². The zero-order valence-electron chi connectivity index (χ0n) is 13.9. The topological polar surface area (TPSA) is 12.5 Å². The van der Waals surface area contributed by atoms with Crippen LogP contribution in [0.1, 0.15) is 11.1 Å². The van der Waals surface area contributed by atoms with Gasteiger partial charge in [0.2, 0.25) is 0 Å². The number of benzene rings is 3. The number of para-hydroxylation sites is 1. The van der Waals surface area contributed by atoms with Gasteiger partial charge in [0.15, 0.2) is 0 Å². The first kappa shape index (κ1) is 14.8. The molecule has 0 aliphatic carbocycles. The summed E-state index contributed by atoms with van der Waals surface area (Å²) in [5, 5.41) is 0. The van der Waals surface area contributed by atoms with Crippen LogP contribution >= 0.6 is 0 Å². The Morgan fingerprint density at radius 1 is 0.875 bits per heavy atom. The predicted octanol–water partition coefficient (Wildman–Crippen LogP) is 4.92. The maximum Gasteiger partial charge on any atom is 0.118 e. The maximum atomic E-state index is 5.26. The molecule has 0 saturated heterocycles.